The van der Waals surface area contributed by atoms with Crippen LogP contribution in [0.2, 0.25) is 0 Å². The molecule has 2 aromatic carbocycles. The molecule has 0 aliphatic carbocycles. The third-order valence-electron chi connectivity index (χ3n) is 4.16. The van der Waals surface area contributed by atoms with Crippen LogP contribution in [0.5, 0.6) is 0 Å². The maximum atomic E-state index is 12.5. The van der Waals surface area contributed by atoms with Crippen molar-refractivity contribution in [3.63, 3.8) is 0 Å². The summed E-state index contributed by atoms with van der Waals surface area (Å²) in [5.41, 5.74) is 2.20. The molecule has 1 fully saturated rings. The van der Waals surface area contributed by atoms with E-state index in [1.807, 2.05) is 36.4 Å². The highest BCUT2D eigenvalue weighted by Gasteiger charge is 2.22. The highest BCUT2D eigenvalue weighted by molar-refractivity contribution is 7.18. The van der Waals surface area contributed by atoms with Crippen molar-refractivity contribution in [3.8, 4) is 10.6 Å². The Labute approximate surface area is 154 Å². The highest BCUT2D eigenvalue weighted by atomic mass is 32.1. The molecule has 4 rings (SSSR count). The summed E-state index contributed by atoms with van der Waals surface area (Å²) in [6, 6.07) is 16.8. The second-order valence-electron chi connectivity index (χ2n) is 5.93. The molecule has 130 valence electrons. The van der Waals surface area contributed by atoms with Crippen LogP contribution in [0.25, 0.3) is 10.6 Å². The lowest BCUT2D eigenvalue weighted by Crippen LogP contribution is -2.24. The molecule has 7 heteroatoms. The minimum atomic E-state index is -0.269. The Balaban J connectivity index is 1.50. The highest BCUT2D eigenvalue weighted by Crippen LogP contribution is 2.27. The topological polar surface area (TPSA) is 75.2 Å². The van der Waals surface area contributed by atoms with E-state index in [1.165, 1.54) is 11.3 Å². The fourth-order valence-corrected chi connectivity index (χ4v) is 3.62. The van der Waals surface area contributed by atoms with E-state index in [2.05, 4.69) is 15.5 Å². The van der Waals surface area contributed by atoms with Crippen molar-refractivity contribution in [1.82, 2.24) is 10.2 Å². The Kier molecular flexibility index (Phi) is 4.45. The molecular weight excluding hydrogens is 348 g/mol. The quantitative estimate of drug-likeness (QED) is 0.768. The molecule has 0 radical (unpaired) electrons. The first-order valence-electron chi connectivity index (χ1n) is 8.31. The summed E-state index contributed by atoms with van der Waals surface area (Å²) >= 11 is 1.32. The maximum absolute atomic E-state index is 12.5. The molecule has 0 spiro atoms. The van der Waals surface area contributed by atoms with Gasteiger partial charge in [-0.3, -0.25) is 14.9 Å². The largest absolute Gasteiger partial charge is 0.312 e. The van der Waals surface area contributed by atoms with Gasteiger partial charge < -0.3 is 4.90 Å². The molecule has 0 saturated carbocycles. The number of amides is 2. The van der Waals surface area contributed by atoms with Crippen LogP contribution in [-0.2, 0) is 4.79 Å². The van der Waals surface area contributed by atoms with Gasteiger partial charge in [-0.2, -0.15) is 0 Å². The summed E-state index contributed by atoms with van der Waals surface area (Å²) < 4.78 is 0. The van der Waals surface area contributed by atoms with Gasteiger partial charge >= 0.3 is 0 Å². The average Bonchev–Trinajstić information content (AvgIpc) is 3.31. The van der Waals surface area contributed by atoms with Gasteiger partial charge in [-0.15, -0.1) is 10.2 Å². The fraction of sp³-hybridized carbons (Fsp3) is 0.158. The Morgan fingerprint density at radius 3 is 2.69 bits per heavy atom. The molecule has 0 bridgehead atoms. The lowest BCUT2D eigenvalue weighted by molar-refractivity contribution is -0.117. The molecule has 1 saturated heterocycles. The molecule has 6 nitrogen and oxygen atoms in total. The number of hydrogen-bond donors (Lipinski definition) is 1. The molecule has 3 aromatic rings. The lowest BCUT2D eigenvalue weighted by Gasteiger charge is -2.16. The first-order valence-corrected chi connectivity index (χ1v) is 9.13. The van der Waals surface area contributed by atoms with E-state index in [0.29, 0.717) is 23.7 Å². The lowest BCUT2D eigenvalue weighted by atomic mass is 10.2. The van der Waals surface area contributed by atoms with Gasteiger partial charge in [0, 0.05) is 29.8 Å². The van der Waals surface area contributed by atoms with Crippen LogP contribution >= 0.6 is 11.3 Å². The van der Waals surface area contributed by atoms with Crippen molar-refractivity contribution < 1.29 is 9.59 Å². The molecule has 0 atom stereocenters. The normalized spacial score (nSPS) is 13.8. The van der Waals surface area contributed by atoms with Crippen LogP contribution < -0.4 is 10.2 Å². The number of carbonyl (C=O) groups is 2. The summed E-state index contributed by atoms with van der Waals surface area (Å²) in [4.78, 5) is 26.1. The summed E-state index contributed by atoms with van der Waals surface area (Å²) in [6.07, 6.45) is 1.41. The van der Waals surface area contributed by atoms with Crippen LogP contribution in [0.1, 0.15) is 23.2 Å². The maximum Gasteiger partial charge on any atom is 0.257 e. The first kappa shape index (κ1) is 16.4. The number of benzene rings is 2. The van der Waals surface area contributed by atoms with Crippen LogP contribution in [0.4, 0.5) is 10.8 Å². The van der Waals surface area contributed by atoms with Gasteiger partial charge in [0.1, 0.15) is 5.01 Å². The van der Waals surface area contributed by atoms with Crippen molar-refractivity contribution in [2.75, 3.05) is 16.8 Å². The number of hydrogen-bond acceptors (Lipinski definition) is 5. The zero-order valence-electron chi connectivity index (χ0n) is 13.9. The second kappa shape index (κ2) is 7.05. The summed E-state index contributed by atoms with van der Waals surface area (Å²) in [7, 11) is 0. The summed E-state index contributed by atoms with van der Waals surface area (Å²) in [5, 5.41) is 12.1. The van der Waals surface area contributed by atoms with Crippen molar-refractivity contribution in [2.45, 2.75) is 12.8 Å². The average molecular weight is 364 g/mol. The Bertz CT molecular complexity index is 955. The van der Waals surface area contributed by atoms with E-state index >= 15 is 0 Å². The van der Waals surface area contributed by atoms with Crippen LogP contribution in [0.15, 0.2) is 54.6 Å². The molecule has 1 aromatic heterocycles. The Morgan fingerprint density at radius 2 is 1.92 bits per heavy atom. The monoisotopic (exact) mass is 364 g/mol. The Hall–Kier alpha value is -3.06. The fourth-order valence-electron chi connectivity index (χ4n) is 2.88. The van der Waals surface area contributed by atoms with Crippen LogP contribution in [-0.4, -0.2) is 28.6 Å². The number of nitrogens with one attached hydrogen (secondary N) is 1. The van der Waals surface area contributed by atoms with Gasteiger partial charge in [-0.05, 0) is 24.6 Å². The van der Waals surface area contributed by atoms with Gasteiger partial charge in [0.2, 0.25) is 11.0 Å². The minimum Gasteiger partial charge on any atom is -0.312 e. The molecule has 1 aliphatic rings. The van der Waals surface area contributed by atoms with Crippen molar-refractivity contribution in [2.24, 2.45) is 0 Å². The Morgan fingerprint density at radius 1 is 1.08 bits per heavy atom. The molecule has 2 heterocycles. The minimum absolute atomic E-state index is 0.0965. The zero-order chi connectivity index (χ0) is 17.9. The van der Waals surface area contributed by atoms with E-state index in [9.17, 15) is 9.59 Å². The molecule has 1 aliphatic heterocycles. The zero-order valence-corrected chi connectivity index (χ0v) is 14.7. The third kappa shape index (κ3) is 3.34. The number of rotatable bonds is 4. The predicted molar refractivity (Wildman–Crippen MR) is 101 cm³/mol. The van der Waals surface area contributed by atoms with Gasteiger partial charge in [-0.1, -0.05) is 47.7 Å². The van der Waals surface area contributed by atoms with Gasteiger partial charge in [0.05, 0.1) is 0 Å². The van der Waals surface area contributed by atoms with E-state index in [0.717, 1.165) is 22.7 Å². The predicted octanol–water partition coefficient (Wildman–Crippen LogP) is 3.58. The van der Waals surface area contributed by atoms with Gasteiger partial charge in [0.15, 0.2) is 0 Å². The van der Waals surface area contributed by atoms with E-state index < -0.39 is 0 Å². The van der Waals surface area contributed by atoms with Crippen LogP contribution in [0, 0.1) is 0 Å². The molecule has 0 unspecified atom stereocenters. The standard InChI is InChI=1S/C19H16N4O2S/c24-16-10-5-11-23(16)15-9-4-8-14(12-15)17(25)20-19-22-21-18(26-19)13-6-2-1-3-7-13/h1-4,6-9,12H,5,10-11H2,(H,20,22,25). The van der Waals surface area contributed by atoms with Crippen molar-refractivity contribution >= 4 is 34.0 Å². The van der Waals surface area contributed by atoms with Crippen molar-refractivity contribution in [3.05, 3.63) is 60.2 Å². The van der Waals surface area contributed by atoms with Gasteiger partial charge in [0.25, 0.3) is 5.91 Å². The molecular formula is C19H16N4O2S. The van der Waals surface area contributed by atoms with E-state index in [-0.39, 0.29) is 11.8 Å². The number of aromatic nitrogens is 2. The number of anilines is 2. The van der Waals surface area contributed by atoms with Gasteiger partial charge in [-0.25, -0.2) is 0 Å². The van der Waals surface area contributed by atoms with E-state index in [1.54, 1.807) is 23.1 Å². The molecule has 2 amide bonds. The van der Waals surface area contributed by atoms with Crippen molar-refractivity contribution in [1.29, 1.82) is 0 Å². The third-order valence-corrected chi connectivity index (χ3v) is 5.05. The first-order chi connectivity index (χ1) is 12.7. The molecule has 1 N–H and O–H groups in total. The van der Waals surface area contributed by atoms with Crippen LogP contribution in [0.3, 0.4) is 0 Å². The summed E-state index contributed by atoms with van der Waals surface area (Å²) in [5.74, 6) is -0.173. The number of carbonyl (C=O) groups excluding carboxylic acids is 2. The summed E-state index contributed by atoms with van der Waals surface area (Å²) in [6.45, 7) is 0.695. The SMILES string of the molecule is O=C(Nc1nnc(-c2ccccc2)s1)c1cccc(N2CCCC2=O)c1. The number of nitrogens with zero attached hydrogens (tertiary/aromatic N) is 3. The smallest absolute Gasteiger partial charge is 0.257 e. The second-order valence-corrected chi connectivity index (χ2v) is 6.91. The van der Waals surface area contributed by atoms with E-state index in [4.69, 9.17) is 0 Å². The molecule has 26 heavy (non-hydrogen) atoms.